The van der Waals surface area contributed by atoms with Gasteiger partial charge in [-0.25, -0.2) is 5.10 Å². The fourth-order valence-electron chi connectivity index (χ4n) is 3.15. The molecule has 3 rings (SSSR count). The monoisotopic (exact) mass is 340 g/mol. The van der Waals surface area contributed by atoms with Gasteiger partial charge >= 0.3 is 0 Å². The molecule has 0 unspecified atom stereocenters. The molecule has 6 heteroatoms. The van der Waals surface area contributed by atoms with E-state index < -0.39 is 5.56 Å². The molecule has 0 atom stereocenters. The summed E-state index contributed by atoms with van der Waals surface area (Å²) in [5, 5.41) is 6.33. The number of hydrogen-bond acceptors (Lipinski definition) is 4. The van der Waals surface area contributed by atoms with Crippen molar-refractivity contribution in [2.75, 3.05) is 32.7 Å². The lowest BCUT2D eigenvalue weighted by Gasteiger charge is -2.34. The minimum atomic E-state index is -0.403. The summed E-state index contributed by atoms with van der Waals surface area (Å²) in [5.74, 6) is -0.188. The standard InChI is InChI=1S/C19H24N4O2/c1-14-15(2)20-21-18(24)17(14)19(25)23-12-10-22(11-13-23)9-8-16-6-4-3-5-7-16/h3-7H,8-13H2,1-2H3,(H,21,24). The topological polar surface area (TPSA) is 69.3 Å². The molecule has 25 heavy (non-hydrogen) atoms. The van der Waals surface area contributed by atoms with Gasteiger partial charge in [-0.1, -0.05) is 30.3 Å². The van der Waals surface area contributed by atoms with Gasteiger partial charge in [0, 0.05) is 32.7 Å². The number of rotatable bonds is 4. The zero-order valence-corrected chi connectivity index (χ0v) is 14.8. The number of piperazine rings is 1. The van der Waals surface area contributed by atoms with Gasteiger partial charge in [-0.3, -0.25) is 14.5 Å². The molecule has 2 heterocycles. The Morgan fingerprint density at radius 1 is 1.12 bits per heavy atom. The number of hydrogen-bond donors (Lipinski definition) is 1. The van der Waals surface area contributed by atoms with Crippen LogP contribution in [0.5, 0.6) is 0 Å². The first kappa shape index (κ1) is 17.4. The highest BCUT2D eigenvalue weighted by molar-refractivity contribution is 5.95. The van der Waals surface area contributed by atoms with E-state index in [0.717, 1.165) is 26.1 Å². The maximum absolute atomic E-state index is 12.7. The molecule has 0 radical (unpaired) electrons. The first-order valence-electron chi connectivity index (χ1n) is 8.67. The predicted octanol–water partition coefficient (Wildman–Crippen LogP) is 1.39. The van der Waals surface area contributed by atoms with Crippen molar-refractivity contribution >= 4 is 5.91 Å². The lowest BCUT2D eigenvalue weighted by molar-refractivity contribution is 0.0635. The molecule has 1 aromatic carbocycles. The Hall–Kier alpha value is -2.47. The quantitative estimate of drug-likeness (QED) is 0.913. The Kier molecular flexibility index (Phi) is 5.28. The summed E-state index contributed by atoms with van der Waals surface area (Å²) in [6, 6.07) is 10.4. The van der Waals surface area contributed by atoms with Gasteiger partial charge in [-0.05, 0) is 31.4 Å². The van der Waals surface area contributed by atoms with Crippen molar-refractivity contribution in [1.82, 2.24) is 20.0 Å². The van der Waals surface area contributed by atoms with Gasteiger partial charge in [0.15, 0.2) is 0 Å². The molecule has 0 spiro atoms. The highest BCUT2D eigenvalue weighted by Gasteiger charge is 2.25. The summed E-state index contributed by atoms with van der Waals surface area (Å²) in [4.78, 5) is 28.9. The van der Waals surface area contributed by atoms with Crippen LogP contribution in [0.3, 0.4) is 0 Å². The van der Waals surface area contributed by atoms with Crippen LogP contribution in [0.2, 0.25) is 0 Å². The molecule has 1 amide bonds. The molecule has 0 bridgehead atoms. The summed E-state index contributed by atoms with van der Waals surface area (Å²) in [5.41, 5.74) is 2.50. The number of carbonyl (C=O) groups is 1. The Balaban J connectivity index is 1.58. The molecule has 6 nitrogen and oxygen atoms in total. The lowest BCUT2D eigenvalue weighted by atomic mass is 10.1. The molecular formula is C19H24N4O2. The number of H-pyrrole nitrogens is 1. The van der Waals surface area contributed by atoms with Gasteiger partial charge in [0.1, 0.15) is 5.56 Å². The van der Waals surface area contributed by atoms with E-state index in [0.29, 0.717) is 24.3 Å². The number of amides is 1. The summed E-state index contributed by atoms with van der Waals surface area (Å²) < 4.78 is 0. The smallest absolute Gasteiger partial charge is 0.277 e. The number of nitrogens with zero attached hydrogens (tertiary/aromatic N) is 3. The van der Waals surface area contributed by atoms with Gasteiger partial charge in [-0.2, -0.15) is 5.10 Å². The molecule has 0 aliphatic carbocycles. The molecule has 2 aromatic rings. The van der Waals surface area contributed by atoms with Crippen LogP contribution in [-0.4, -0.2) is 58.6 Å². The molecule has 1 fully saturated rings. The second-order valence-corrected chi connectivity index (χ2v) is 6.51. The molecular weight excluding hydrogens is 316 g/mol. The Morgan fingerprint density at radius 2 is 1.80 bits per heavy atom. The fourth-order valence-corrected chi connectivity index (χ4v) is 3.15. The summed E-state index contributed by atoms with van der Waals surface area (Å²) in [7, 11) is 0. The number of aryl methyl sites for hydroxylation is 1. The highest BCUT2D eigenvalue weighted by atomic mass is 16.2. The molecule has 1 saturated heterocycles. The molecule has 1 aliphatic heterocycles. The number of aromatic nitrogens is 2. The van der Waals surface area contributed by atoms with E-state index in [9.17, 15) is 9.59 Å². The lowest BCUT2D eigenvalue weighted by Crippen LogP contribution is -2.50. The summed E-state index contributed by atoms with van der Waals surface area (Å²) in [6.45, 7) is 7.52. The second-order valence-electron chi connectivity index (χ2n) is 6.51. The highest BCUT2D eigenvalue weighted by Crippen LogP contribution is 2.11. The van der Waals surface area contributed by atoms with E-state index in [4.69, 9.17) is 0 Å². The van der Waals surface area contributed by atoms with Crippen molar-refractivity contribution in [3.8, 4) is 0 Å². The van der Waals surface area contributed by atoms with Crippen LogP contribution in [0.25, 0.3) is 0 Å². The Bertz CT molecular complexity index is 793. The third-order valence-electron chi connectivity index (χ3n) is 4.90. The van der Waals surface area contributed by atoms with E-state index in [1.54, 1.807) is 18.7 Å². The van der Waals surface area contributed by atoms with Crippen molar-refractivity contribution in [3.63, 3.8) is 0 Å². The van der Waals surface area contributed by atoms with Crippen molar-refractivity contribution in [1.29, 1.82) is 0 Å². The normalized spacial score (nSPS) is 15.4. The maximum Gasteiger partial charge on any atom is 0.277 e. The van der Waals surface area contributed by atoms with Crippen molar-refractivity contribution in [3.05, 3.63) is 63.1 Å². The third-order valence-corrected chi connectivity index (χ3v) is 4.90. The average molecular weight is 340 g/mol. The number of carbonyl (C=O) groups excluding carboxylic acids is 1. The molecule has 132 valence electrons. The molecule has 0 saturated carbocycles. The van der Waals surface area contributed by atoms with Crippen LogP contribution >= 0.6 is 0 Å². The fraction of sp³-hybridized carbons (Fsp3) is 0.421. The van der Waals surface area contributed by atoms with Crippen LogP contribution in [0.4, 0.5) is 0 Å². The molecule has 1 aromatic heterocycles. The second kappa shape index (κ2) is 7.61. The van der Waals surface area contributed by atoms with Gasteiger partial charge in [0.2, 0.25) is 0 Å². The van der Waals surface area contributed by atoms with Crippen molar-refractivity contribution in [2.45, 2.75) is 20.3 Å². The van der Waals surface area contributed by atoms with E-state index in [2.05, 4.69) is 39.4 Å². The van der Waals surface area contributed by atoms with Gasteiger partial charge in [-0.15, -0.1) is 0 Å². The largest absolute Gasteiger partial charge is 0.336 e. The number of aromatic amines is 1. The van der Waals surface area contributed by atoms with E-state index in [1.807, 2.05) is 6.07 Å². The summed E-state index contributed by atoms with van der Waals surface area (Å²) >= 11 is 0. The minimum absolute atomic E-state index is 0.188. The Labute approximate surface area is 147 Å². The zero-order chi connectivity index (χ0) is 17.8. The molecule has 1 N–H and O–H groups in total. The average Bonchev–Trinajstić information content (AvgIpc) is 2.64. The van der Waals surface area contributed by atoms with Crippen LogP contribution in [-0.2, 0) is 6.42 Å². The predicted molar refractivity (Wildman–Crippen MR) is 96.8 cm³/mol. The molecule has 1 aliphatic rings. The number of benzene rings is 1. The minimum Gasteiger partial charge on any atom is -0.336 e. The van der Waals surface area contributed by atoms with Crippen LogP contribution in [0.1, 0.15) is 27.2 Å². The first-order chi connectivity index (χ1) is 12.1. The van der Waals surface area contributed by atoms with Crippen LogP contribution in [0.15, 0.2) is 35.1 Å². The van der Waals surface area contributed by atoms with Crippen LogP contribution in [0, 0.1) is 13.8 Å². The van der Waals surface area contributed by atoms with E-state index in [-0.39, 0.29) is 11.5 Å². The van der Waals surface area contributed by atoms with Gasteiger partial charge < -0.3 is 4.90 Å². The van der Waals surface area contributed by atoms with Crippen molar-refractivity contribution in [2.24, 2.45) is 0 Å². The van der Waals surface area contributed by atoms with Gasteiger partial charge in [0.25, 0.3) is 11.5 Å². The van der Waals surface area contributed by atoms with Crippen molar-refractivity contribution < 1.29 is 4.79 Å². The van der Waals surface area contributed by atoms with E-state index in [1.165, 1.54) is 5.56 Å². The summed E-state index contributed by atoms with van der Waals surface area (Å²) in [6.07, 6.45) is 1.01. The number of nitrogens with one attached hydrogen (secondary N) is 1. The zero-order valence-electron chi connectivity index (χ0n) is 14.8. The maximum atomic E-state index is 12.7. The Morgan fingerprint density at radius 3 is 2.48 bits per heavy atom. The SMILES string of the molecule is Cc1n[nH]c(=O)c(C(=O)N2CCN(CCc3ccccc3)CC2)c1C. The van der Waals surface area contributed by atoms with Gasteiger partial charge in [0.05, 0.1) is 5.69 Å². The third kappa shape index (κ3) is 3.96. The van der Waals surface area contributed by atoms with E-state index >= 15 is 0 Å². The first-order valence-corrected chi connectivity index (χ1v) is 8.67. The van der Waals surface area contributed by atoms with Crippen LogP contribution < -0.4 is 5.56 Å².